The second-order valence-corrected chi connectivity index (χ2v) is 9.46. The molecule has 0 spiro atoms. The topological polar surface area (TPSA) is 85.3 Å². The molecule has 3 heterocycles. The van der Waals surface area contributed by atoms with Gasteiger partial charge in [0.25, 0.3) is 11.7 Å². The molecule has 3 atom stereocenters. The maximum absolute atomic E-state index is 13.3. The number of aliphatic hydroxyl groups is 1. The molecule has 1 N–H and O–H groups in total. The van der Waals surface area contributed by atoms with Crippen molar-refractivity contribution in [2.45, 2.75) is 57.8 Å². The third-order valence-corrected chi connectivity index (χ3v) is 6.80. The van der Waals surface area contributed by atoms with Gasteiger partial charge in [-0.15, -0.1) is 0 Å². The highest BCUT2D eigenvalue weighted by molar-refractivity contribution is 6.46. The van der Waals surface area contributed by atoms with Gasteiger partial charge in [-0.2, -0.15) is 0 Å². The molecule has 1 amide bonds. The molecule has 0 aliphatic carbocycles. The summed E-state index contributed by atoms with van der Waals surface area (Å²) in [5.74, 6) is 0.0433. The number of carbonyl (C=O) groups excluding carboxylic acids is 2. The molecule has 2 aromatic rings. The summed E-state index contributed by atoms with van der Waals surface area (Å²) in [5.41, 5.74) is 2.32. The van der Waals surface area contributed by atoms with E-state index < -0.39 is 17.7 Å². The zero-order chi connectivity index (χ0) is 24.5. The molecule has 35 heavy (non-hydrogen) atoms. The van der Waals surface area contributed by atoms with Crippen LogP contribution in [0.1, 0.15) is 55.8 Å². The number of rotatable bonds is 7. The molecule has 0 saturated carbocycles. The lowest BCUT2D eigenvalue weighted by Crippen LogP contribution is -2.36. The van der Waals surface area contributed by atoms with Crippen molar-refractivity contribution >= 4 is 17.4 Å². The fourth-order valence-corrected chi connectivity index (χ4v) is 5.11. The van der Waals surface area contributed by atoms with Crippen LogP contribution in [-0.2, 0) is 20.7 Å². The van der Waals surface area contributed by atoms with Crippen molar-refractivity contribution in [1.29, 1.82) is 0 Å². The number of carbonyl (C=O) groups is 2. The maximum Gasteiger partial charge on any atom is 0.295 e. The SMILES string of the molecule is CCCOc1ccc([C@@H]2C(=C(O)c3ccc4c(c3)C[C@H](C)O4)C(=O)C(=O)N2C[C@H]2CCCO2)cc1. The van der Waals surface area contributed by atoms with Crippen LogP contribution in [-0.4, -0.2) is 53.7 Å². The zero-order valence-electron chi connectivity index (χ0n) is 20.2. The van der Waals surface area contributed by atoms with E-state index in [0.29, 0.717) is 25.3 Å². The summed E-state index contributed by atoms with van der Waals surface area (Å²) in [4.78, 5) is 28.0. The van der Waals surface area contributed by atoms with Crippen molar-refractivity contribution in [3.8, 4) is 11.5 Å². The normalized spacial score (nSPS) is 25.1. The van der Waals surface area contributed by atoms with Gasteiger partial charge in [-0.1, -0.05) is 19.1 Å². The predicted molar refractivity (Wildman–Crippen MR) is 130 cm³/mol. The van der Waals surface area contributed by atoms with E-state index in [2.05, 4.69) is 0 Å². The van der Waals surface area contributed by atoms with Crippen molar-refractivity contribution < 1.29 is 28.9 Å². The van der Waals surface area contributed by atoms with Crippen molar-refractivity contribution in [3.05, 3.63) is 64.7 Å². The third-order valence-electron chi connectivity index (χ3n) is 6.80. The Morgan fingerprint density at radius 2 is 1.97 bits per heavy atom. The van der Waals surface area contributed by atoms with Crippen molar-refractivity contribution in [3.63, 3.8) is 0 Å². The Morgan fingerprint density at radius 3 is 2.69 bits per heavy atom. The molecule has 7 heteroatoms. The maximum atomic E-state index is 13.3. The lowest BCUT2D eigenvalue weighted by Gasteiger charge is -2.27. The van der Waals surface area contributed by atoms with Gasteiger partial charge in [-0.3, -0.25) is 9.59 Å². The van der Waals surface area contributed by atoms with Crippen LogP contribution in [0, 0.1) is 0 Å². The van der Waals surface area contributed by atoms with Gasteiger partial charge < -0.3 is 24.2 Å². The first kappa shape index (κ1) is 23.4. The highest BCUT2D eigenvalue weighted by Crippen LogP contribution is 2.41. The fourth-order valence-electron chi connectivity index (χ4n) is 5.11. The van der Waals surface area contributed by atoms with E-state index in [4.69, 9.17) is 14.2 Å². The highest BCUT2D eigenvalue weighted by Gasteiger charge is 2.47. The lowest BCUT2D eigenvalue weighted by atomic mass is 9.94. The number of ketones is 1. The van der Waals surface area contributed by atoms with E-state index in [9.17, 15) is 14.7 Å². The minimum absolute atomic E-state index is 0.0628. The molecule has 3 aliphatic heterocycles. The average Bonchev–Trinajstić information content (AvgIpc) is 3.57. The molecule has 5 rings (SSSR count). The van der Waals surface area contributed by atoms with E-state index in [0.717, 1.165) is 48.3 Å². The number of nitrogens with zero attached hydrogens (tertiary/aromatic N) is 1. The number of likely N-dealkylation sites (tertiary alicyclic amines) is 1. The van der Waals surface area contributed by atoms with Crippen LogP contribution in [0.15, 0.2) is 48.0 Å². The molecule has 0 unspecified atom stereocenters. The second kappa shape index (κ2) is 9.74. The van der Waals surface area contributed by atoms with Crippen LogP contribution in [0.3, 0.4) is 0 Å². The monoisotopic (exact) mass is 477 g/mol. The van der Waals surface area contributed by atoms with Crippen LogP contribution in [0.5, 0.6) is 11.5 Å². The Kier molecular flexibility index (Phi) is 6.52. The van der Waals surface area contributed by atoms with Crippen LogP contribution in [0.25, 0.3) is 5.76 Å². The molecule has 3 aliphatic rings. The Balaban J connectivity index is 1.55. The van der Waals surface area contributed by atoms with E-state index >= 15 is 0 Å². The number of fused-ring (bicyclic) bond motifs is 1. The molecular formula is C28H31NO6. The molecular weight excluding hydrogens is 446 g/mol. The molecule has 0 bridgehead atoms. The largest absolute Gasteiger partial charge is 0.507 e. The molecule has 7 nitrogen and oxygen atoms in total. The van der Waals surface area contributed by atoms with Gasteiger partial charge in [-0.05, 0) is 67.6 Å². The minimum atomic E-state index is -0.706. The summed E-state index contributed by atoms with van der Waals surface area (Å²) in [5, 5.41) is 11.4. The van der Waals surface area contributed by atoms with Gasteiger partial charge >= 0.3 is 0 Å². The van der Waals surface area contributed by atoms with Crippen molar-refractivity contribution in [2.75, 3.05) is 19.8 Å². The standard InChI is InChI=1S/C28H31NO6/c1-3-12-33-21-9-6-18(7-10-21)25-24(27(31)28(32)29(25)16-22-5-4-13-34-22)26(30)19-8-11-23-20(15-19)14-17(2)35-23/h6-11,15,17,22,25,30H,3-5,12-14,16H2,1-2H3/t17-,22+,25+/m0/s1. The lowest BCUT2D eigenvalue weighted by molar-refractivity contribution is -0.140. The van der Waals surface area contributed by atoms with E-state index in [1.54, 1.807) is 11.0 Å². The smallest absolute Gasteiger partial charge is 0.295 e. The molecule has 2 aromatic carbocycles. The highest BCUT2D eigenvalue weighted by atomic mass is 16.5. The quantitative estimate of drug-likeness (QED) is 0.362. The van der Waals surface area contributed by atoms with E-state index in [1.807, 2.05) is 50.2 Å². The van der Waals surface area contributed by atoms with Gasteiger partial charge in [0.15, 0.2) is 0 Å². The summed E-state index contributed by atoms with van der Waals surface area (Å²) in [6, 6.07) is 12.1. The average molecular weight is 478 g/mol. The first-order valence-corrected chi connectivity index (χ1v) is 12.4. The van der Waals surface area contributed by atoms with E-state index in [-0.39, 0.29) is 23.5 Å². The van der Waals surface area contributed by atoms with Gasteiger partial charge in [0.1, 0.15) is 23.4 Å². The predicted octanol–water partition coefficient (Wildman–Crippen LogP) is 4.40. The van der Waals surface area contributed by atoms with Crippen LogP contribution in [0.2, 0.25) is 0 Å². The number of hydrogen-bond acceptors (Lipinski definition) is 6. The number of aliphatic hydroxyl groups excluding tert-OH is 1. The van der Waals surface area contributed by atoms with Gasteiger partial charge in [0.05, 0.1) is 24.3 Å². The number of amides is 1. The first-order chi connectivity index (χ1) is 17.0. The molecule has 2 saturated heterocycles. The van der Waals surface area contributed by atoms with E-state index in [1.165, 1.54) is 0 Å². The van der Waals surface area contributed by atoms with Crippen LogP contribution < -0.4 is 9.47 Å². The Labute approximate surface area is 205 Å². The summed E-state index contributed by atoms with van der Waals surface area (Å²) in [7, 11) is 0. The number of hydrogen-bond donors (Lipinski definition) is 1. The zero-order valence-corrected chi connectivity index (χ0v) is 20.2. The van der Waals surface area contributed by atoms with Crippen molar-refractivity contribution in [1.82, 2.24) is 4.90 Å². The molecule has 2 fully saturated rings. The Morgan fingerprint density at radius 1 is 1.17 bits per heavy atom. The van der Waals surface area contributed by atoms with Gasteiger partial charge in [0, 0.05) is 25.1 Å². The minimum Gasteiger partial charge on any atom is -0.507 e. The number of ether oxygens (including phenoxy) is 3. The number of Topliss-reactive ketones (excluding diaryl/α,β-unsaturated/α-hetero) is 1. The number of benzene rings is 2. The Hall–Kier alpha value is -3.32. The van der Waals surface area contributed by atoms with Crippen LogP contribution >= 0.6 is 0 Å². The molecule has 0 radical (unpaired) electrons. The summed E-state index contributed by atoms with van der Waals surface area (Å²) in [6.07, 6.45) is 3.33. The third kappa shape index (κ3) is 4.52. The summed E-state index contributed by atoms with van der Waals surface area (Å²) in [6.45, 7) is 5.59. The fraction of sp³-hybridized carbons (Fsp3) is 0.429. The Bertz CT molecular complexity index is 1150. The first-order valence-electron chi connectivity index (χ1n) is 12.4. The van der Waals surface area contributed by atoms with Crippen LogP contribution in [0.4, 0.5) is 0 Å². The van der Waals surface area contributed by atoms with Gasteiger partial charge in [-0.25, -0.2) is 0 Å². The second-order valence-electron chi connectivity index (χ2n) is 9.46. The summed E-state index contributed by atoms with van der Waals surface area (Å²) < 4.78 is 17.2. The summed E-state index contributed by atoms with van der Waals surface area (Å²) >= 11 is 0. The molecule has 184 valence electrons. The van der Waals surface area contributed by atoms with Crippen molar-refractivity contribution in [2.24, 2.45) is 0 Å². The van der Waals surface area contributed by atoms with Gasteiger partial charge in [0.2, 0.25) is 0 Å². The molecule has 0 aromatic heterocycles.